The number of benzene rings is 1. The number of hydrogen-bond donors (Lipinski definition) is 1. The van der Waals surface area contributed by atoms with Crippen LogP contribution in [-0.2, 0) is 0 Å². The highest BCUT2D eigenvalue weighted by Gasteiger charge is 2.20. The van der Waals surface area contributed by atoms with Gasteiger partial charge in [-0.1, -0.05) is 50.0 Å². The van der Waals surface area contributed by atoms with Crippen LogP contribution in [0.5, 0.6) is 0 Å². The molecule has 0 aliphatic rings. The molecular weight excluding hydrogens is 241 g/mol. The number of hydrogen-bond acceptors (Lipinski definition) is 1. The van der Waals surface area contributed by atoms with E-state index in [1.807, 2.05) is 19.2 Å². The molecule has 0 saturated heterocycles. The van der Waals surface area contributed by atoms with Crippen LogP contribution in [0.4, 0.5) is 0 Å². The van der Waals surface area contributed by atoms with Gasteiger partial charge in [-0.25, -0.2) is 0 Å². The van der Waals surface area contributed by atoms with Gasteiger partial charge in [0.2, 0.25) is 0 Å². The Morgan fingerprint density at radius 1 is 1.25 bits per heavy atom. The van der Waals surface area contributed by atoms with Gasteiger partial charge in [-0.2, -0.15) is 0 Å². The smallest absolute Gasteiger partial charge is 0.0468 e. The molecular formula is C13H19Cl2N. The maximum Gasteiger partial charge on any atom is 0.0468 e. The van der Waals surface area contributed by atoms with E-state index in [4.69, 9.17) is 23.2 Å². The zero-order valence-electron chi connectivity index (χ0n) is 10.3. The standard InChI is InChI=1S/C13H19Cl2N/c1-13(2,3)8-12(16-4)10-6-5-9(14)7-11(10)15/h5-7,12,16H,8H2,1-4H3. The summed E-state index contributed by atoms with van der Waals surface area (Å²) in [7, 11) is 1.96. The van der Waals surface area contributed by atoms with E-state index in [-0.39, 0.29) is 11.5 Å². The molecule has 0 heterocycles. The molecule has 16 heavy (non-hydrogen) atoms. The van der Waals surface area contributed by atoms with Crippen molar-refractivity contribution in [2.24, 2.45) is 5.41 Å². The van der Waals surface area contributed by atoms with Crippen molar-refractivity contribution in [1.82, 2.24) is 5.32 Å². The summed E-state index contributed by atoms with van der Waals surface area (Å²) in [5, 5.41) is 4.72. The topological polar surface area (TPSA) is 12.0 Å². The lowest BCUT2D eigenvalue weighted by Crippen LogP contribution is -2.22. The van der Waals surface area contributed by atoms with Crippen LogP contribution in [-0.4, -0.2) is 7.05 Å². The Morgan fingerprint density at radius 3 is 2.31 bits per heavy atom. The van der Waals surface area contributed by atoms with Crippen molar-refractivity contribution < 1.29 is 0 Å². The van der Waals surface area contributed by atoms with Crippen molar-refractivity contribution in [3.05, 3.63) is 33.8 Å². The van der Waals surface area contributed by atoms with E-state index in [0.29, 0.717) is 5.02 Å². The fraction of sp³-hybridized carbons (Fsp3) is 0.538. The quantitative estimate of drug-likeness (QED) is 0.831. The average Bonchev–Trinajstić information content (AvgIpc) is 2.13. The van der Waals surface area contributed by atoms with E-state index in [1.165, 1.54) is 0 Å². The van der Waals surface area contributed by atoms with Gasteiger partial charge in [0.1, 0.15) is 0 Å². The molecule has 1 N–H and O–H groups in total. The molecule has 1 nitrogen and oxygen atoms in total. The molecule has 1 aromatic carbocycles. The van der Waals surface area contributed by atoms with E-state index in [9.17, 15) is 0 Å². The lowest BCUT2D eigenvalue weighted by molar-refractivity contribution is 0.321. The SMILES string of the molecule is CNC(CC(C)(C)C)c1ccc(Cl)cc1Cl. The molecule has 0 bridgehead atoms. The molecule has 0 spiro atoms. The van der Waals surface area contributed by atoms with Crippen LogP contribution >= 0.6 is 23.2 Å². The van der Waals surface area contributed by atoms with Crippen LogP contribution < -0.4 is 5.32 Å². The van der Waals surface area contributed by atoms with Gasteiger partial charge in [-0.15, -0.1) is 0 Å². The first-order valence-electron chi connectivity index (χ1n) is 5.46. The summed E-state index contributed by atoms with van der Waals surface area (Å²) < 4.78 is 0. The Bertz CT molecular complexity index is 355. The van der Waals surface area contributed by atoms with Gasteiger partial charge in [0.05, 0.1) is 0 Å². The molecule has 0 aromatic heterocycles. The third kappa shape index (κ3) is 3.97. The predicted molar refractivity (Wildman–Crippen MR) is 72.3 cm³/mol. The van der Waals surface area contributed by atoms with Crippen LogP contribution in [0.2, 0.25) is 10.0 Å². The largest absolute Gasteiger partial charge is 0.313 e. The zero-order valence-corrected chi connectivity index (χ0v) is 11.8. The number of nitrogens with one attached hydrogen (secondary N) is 1. The molecule has 1 aromatic rings. The maximum atomic E-state index is 6.21. The molecule has 0 aliphatic carbocycles. The predicted octanol–water partition coefficient (Wildman–Crippen LogP) is 4.69. The van der Waals surface area contributed by atoms with E-state index < -0.39 is 0 Å². The summed E-state index contributed by atoms with van der Waals surface area (Å²) in [6.45, 7) is 6.67. The van der Waals surface area contributed by atoms with Crippen LogP contribution in [0.1, 0.15) is 38.8 Å². The fourth-order valence-corrected chi connectivity index (χ4v) is 2.30. The molecule has 90 valence electrons. The van der Waals surface area contributed by atoms with Crippen LogP contribution in [0.25, 0.3) is 0 Å². The van der Waals surface area contributed by atoms with Crippen LogP contribution in [0.15, 0.2) is 18.2 Å². The first kappa shape index (κ1) is 13.8. The van der Waals surface area contributed by atoms with Gasteiger partial charge >= 0.3 is 0 Å². The first-order chi connectivity index (χ1) is 7.33. The normalized spacial score (nSPS) is 13.9. The Balaban J connectivity index is 2.95. The Labute approximate surface area is 108 Å². The summed E-state index contributed by atoms with van der Waals surface area (Å²) in [5.74, 6) is 0. The highest BCUT2D eigenvalue weighted by molar-refractivity contribution is 6.35. The lowest BCUT2D eigenvalue weighted by Gasteiger charge is -2.26. The lowest BCUT2D eigenvalue weighted by atomic mass is 9.85. The van der Waals surface area contributed by atoms with Crippen LogP contribution in [0, 0.1) is 5.41 Å². The number of rotatable bonds is 3. The molecule has 0 saturated carbocycles. The third-order valence-corrected chi connectivity index (χ3v) is 3.07. The molecule has 0 aliphatic heterocycles. The van der Waals surface area contributed by atoms with Crippen molar-refractivity contribution in [1.29, 1.82) is 0 Å². The summed E-state index contributed by atoms with van der Waals surface area (Å²) in [6.07, 6.45) is 1.03. The first-order valence-corrected chi connectivity index (χ1v) is 6.21. The van der Waals surface area contributed by atoms with Gasteiger partial charge in [-0.05, 0) is 36.6 Å². The second kappa shape index (κ2) is 5.39. The van der Waals surface area contributed by atoms with Gasteiger partial charge in [-0.3, -0.25) is 0 Å². The minimum absolute atomic E-state index is 0.261. The molecule has 3 heteroatoms. The zero-order chi connectivity index (χ0) is 12.3. The molecule has 0 radical (unpaired) electrons. The fourth-order valence-electron chi connectivity index (χ4n) is 1.76. The highest BCUT2D eigenvalue weighted by Crippen LogP contribution is 2.33. The van der Waals surface area contributed by atoms with E-state index in [0.717, 1.165) is 17.0 Å². The highest BCUT2D eigenvalue weighted by atomic mass is 35.5. The number of halogens is 2. The molecule has 1 unspecified atom stereocenters. The van der Waals surface area contributed by atoms with E-state index in [2.05, 4.69) is 26.1 Å². The molecule has 0 fully saturated rings. The van der Waals surface area contributed by atoms with Gasteiger partial charge in [0.15, 0.2) is 0 Å². The summed E-state index contributed by atoms with van der Waals surface area (Å²) in [6, 6.07) is 5.95. The minimum Gasteiger partial charge on any atom is -0.313 e. The van der Waals surface area contributed by atoms with E-state index in [1.54, 1.807) is 6.07 Å². The van der Waals surface area contributed by atoms with Crippen molar-refractivity contribution >= 4 is 23.2 Å². The van der Waals surface area contributed by atoms with Gasteiger partial charge in [0, 0.05) is 16.1 Å². The maximum absolute atomic E-state index is 6.21. The molecule has 1 rings (SSSR count). The van der Waals surface area contributed by atoms with Crippen molar-refractivity contribution in [2.45, 2.75) is 33.2 Å². The third-order valence-electron chi connectivity index (χ3n) is 2.50. The van der Waals surface area contributed by atoms with Crippen molar-refractivity contribution in [3.63, 3.8) is 0 Å². The van der Waals surface area contributed by atoms with E-state index >= 15 is 0 Å². The Hall–Kier alpha value is -0.240. The summed E-state index contributed by atoms with van der Waals surface area (Å²) >= 11 is 12.1. The monoisotopic (exact) mass is 259 g/mol. The Kier molecular flexibility index (Phi) is 4.66. The average molecular weight is 260 g/mol. The van der Waals surface area contributed by atoms with Crippen LogP contribution in [0.3, 0.4) is 0 Å². The van der Waals surface area contributed by atoms with Crippen molar-refractivity contribution in [3.8, 4) is 0 Å². The molecule has 1 atom stereocenters. The summed E-state index contributed by atoms with van der Waals surface area (Å²) in [4.78, 5) is 0. The second-order valence-electron chi connectivity index (χ2n) is 5.27. The minimum atomic E-state index is 0.261. The summed E-state index contributed by atoms with van der Waals surface area (Å²) in [5.41, 5.74) is 1.37. The Morgan fingerprint density at radius 2 is 1.88 bits per heavy atom. The molecule has 0 amide bonds. The second-order valence-corrected chi connectivity index (χ2v) is 6.12. The van der Waals surface area contributed by atoms with Gasteiger partial charge in [0.25, 0.3) is 0 Å². The van der Waals surface area contributed by atoms with Gasteiger partial charge < -0.3 is 5.32 Å². The van der Waals surface area contributed by atoms with Crippen molar-refractivity contribution in [2.75, 3.05) is 7.05 Å².